The molecule has 0 radical (unpaired) electrons. The molecule has 1 unspecified atom stereocenters. The van der Waals surface area contributed by atoms with Crippen molar-refractivity contribution in [2.24, 2.45) is 5.41 Å². The van der Waals surface area contributed by atoms with E-state index in [1.54, 1.807) is 0 Å². The summed E-state index contributed by atoms with van der Waals surface area (Å²) >= 11 is 0. The molecule has 106 valence electrons. The average molecular weight is 253 g/mol. The van der Waals surface area contributed by atoms with Crippen LogP contribution in [-0.2, 0) is 0 Å². The van der Waals surface area contributed by atoms with Gasteiger partial charge in [0.05, 0.1) is 0 Å². The van der Waals surface area contributed by atoms with E-state index in [4.69, 9.17) is 0 Å². The average Bonchev–Trinajstić information content (AvgIpc) is 2.50. The molecule has 0 aromatic heterocycles. The molecule has 0 aromatic carbocycles. The van der Waals surface area contributed by atoms with Crippen LogP contribution in [0.25, 0.3) is 0 Å². The molecular formula is C15H31N3. The third kappa shape index (κ3) is 3.69. The summed E-state index contributed by atoms with van der Waals surface area (Å²) in [6.07, 6.45) is 2.76. The van der Waals surface area contributed by atoms with Crippen LogP contribution >= 0.6 is 0 Å². The third-order valence-electron chi connectivity index (χ3n) is 4.49. The number of piperidine rings is 1. The van der Waals surface area contributed by atoms with Gasteiger partial charge in [-0.25, -0.2) is 0 Å². The standard InChI is InChI=1S/C15H31N3/c1-13(2)17-8-5-6-14(10-17)18-9-7-16-11-15(3,4)12-18/h13-14,16H,5-12H2,1-4H3. The van der Waals surface area contributed by atoms with E-state index in [-0.39, 0.29) is 0 Å². The maximum Gasteiger partial charge on any atom is 0.0224 e. The predicted molar refractivity (Wildman–Crippen MR) is 78.0 cm³/mol. The molecule has 2 heterocycles. The fourth-order valence-electron chi connectivity index (χ4n) is 3.40. The molecule has 2 fully saturated rings. The first-order chi connectivity index (χ1) is 8.48. The molecule has 0 amide bonds. The molecule has 2 rings (SSSR count). The number of likely N-dealkylation sites (tertiary alicyclic amines) is 1. The van der Waals surface area contributed by atoms with Crippen molar-refractivity contribution >= 4 is 0 Å². The van der Waals surface area contributed by atoms with Crippen LogP contribution in [0.5, 0.6) is 0 Å². The lowest BCUT2D eigenvalue weighted by Gasteiger charge is -2.42. The zero-order valence-electron chi connectivity index (χ0n) is 12.7. The Balaban J connectivity index is 1.96. The highest BCUT2D eigenvalue weighted by molar-refractivity contribution is 4.88. The fraction of sp³-hybridized carbons (Fsp3) is 1.00. The van der Waals surface area contributed by atoms with Crippen molar-refractivity contribution in [3.63, 3.8) is 0 Å². The van der Waals surface area contributed by atoms with Crippen LogP contribution in [0, 0.1) is 5.41 Å². The summed E-state index contributed by atoms with van der Waals surface area (Å²) in [5, 5.41) is 3.59. The molecule has 0 aliphatic carbocycles. The molecule has 2 saturated heterocycles. The largest absolute Gasteiger partial charge is 0.315 e. The van der Waals surface area contributed by atoms with Crippen LogP contribution in [0.4, 0.5) is 0 Å². The highest BCUT2D eigenvalue weighted by Gasteiger charge is 2.31. The molecule has 0 bridgehead atoms. The summed E-state index contributed by atoms with van der Waals surface area (Å²) in [6.45, 7) is 16.8. The van der Waals surface area contributed by atoms with Gasteiger partial charge in [-0.15, -0.1) is 0 Å². The van der Waals surface area contributed by atoms with Gasteiger partial charge < -0.3 is 5.32 Å². The molecular weight excluding hydrogens is 222 g/mol. The Hall–Kier alpha value is -0.120. The lowest BCUT2D eigenvalue weighted by atomic mass is 9.91. The van der Waals surface area contributed by atoms with E-state index in [0.29, 0.717) is 11.5 Å². The maximum absolute atomic E-state index is 3.59. The van der Waals surface area contributed by atoms with Gasteiger partial charge in [0.25, 0.3) is 0 Å². The normalized spacial score (nSPS) is 31.5. The Morgan fingerprint density at radius 2 is 2.00 bits per heavy atom. The van der Waals surface area contributed by atoms with Crippen LogP contribution in [0.3, 0.4) is 0 Å². The Bertz CT molecular complexity index is 262. The molecule has 0 saturated carbocycles. The molecule has 2 aliphatic rings. The SMILES string of the molecule is CC(C)N1CCCC(N2CCNCC(C)(C)C2)C1. The minimum absolute atomic E-state index is 0.413. The molecule has 0 spiro atoms. The van der Waals surface area contributed by atoms with Gasteiger partial charge in [0.15, 0.2) is 0 Å². The highest BCUT2D eigenvalue weighted by atomic mass is 15.3. The lowest BCUT2D eigenvalue weighted by molar-refractivity contribution is 0.0658. The zero-order chi connectivity index (χ0) is 13.2. The Morgan fingerprint density at radius 3 is 2.72 bits per heavy atom. The quantitative estimate of drug-likeness (QED) is 0.809. The third-order valence-corrected chi connectivity index (χ3v) is 4.49. The van der Waals surface area contributed by atoms with E-state index in [1.807, 2.05) is 0 Å². The second-order valence-electron chi connectivity index (χ2n) is 7.20. The maximum atomic E-state index is 3.59. The van der Waals surface area contributed by atoms with E-state index in [1.165, 1.54) is 39.0 Å². The molecule has 3 nitrogen and oxygen atoms in total. The molecule has 2 aliphatic heterocycles. The summed E-state index contributed by atoms with van der Waals surface area (Å²) < 4.78 is 0. The van der Waals surface area contributed by atoms with Crippen LogP contribution < -0.4 is 5.32 Å². The summed E-state index contributed by atoms with van der Waals surface area (Å²) in [4.78, 5) is 5.40. The molecule has 18 heavy (non-hydrogen) atoms. The highest BCUT2D eigenvalue weighted by Crippen LogP contribution is 2.24. The molecule has 1 atom stereocenters. The van der Waals surface area contributed by atoms with Crippen molar-refractivity contribution in [3.05, 3.63) is 0 Å². The monoisotopic (exact) mass is 253 g/mol. The van der Waals surface area contributed by atoms with Crippen LogP contribution in [0.1, 0.15) is 40.5 Å². The van der Waals surface area contributed by atoms with Crippen molar-refractivity contribution in [3.8, 4) is 0 Å². The van der Waals surface area contributed by atoms with E-state index in [9.17, 15) is 0 Å². The molecule has 0 aromatic rings. The second-order valence-corrected chi connectivity index (χ2v) is 7.20. The van der Waals surface area contributed by atoms with Gasteiger partial charge in [0.1, 0.15) is 0 Å². The van der Waals surface area contributed by atoms with Gasteiger partial charge in [-0.2, -0.15) is 0 Å². The minimum atomic E-state index is 0.413. The number of hydrogen-bond donors (Lipinski definition) is 1. The summed E-state index contributed by atoms with van der Waals surface area (Å²) in [5.74, 6) is 0. The number of hydrogen-bond acceptors (Lipinski definition) is 3. The van der Waals surface area contributed by atoms with E-state index >= 15 is 0 Å². The fourth-order valence-corrected chi connectivity index (χ4v) is 3.40. The van der Waals surface area contributed by atoms with Crippen LogP contribution in [0.15, 0.2) is 0 Å². The minimum Gasteiger partial charge on any atom is -0.315 e. The zero-order valence-corrected chi connectivity index (χ0v) is 12.7. The number of rotatable bonds is 2. The van der Waals surface area contributed by atoms with Crippen molar-refractivity contribution in [1.82, 2.24) is 15.1 Å². The molecule has 1 N–H and O–H groups in total. The van der Waals surface area contributed by atoms with Crippen LogP contribution in [0.2, 0.25) is 0 Å². The van der Waals surface area contributed by atoms with Crippen LogP contribution in [-0.4, -0.2) is 61.2 Å². The topological polar surface area (TPSA) is 18.5 Å². The molecule has 3 heteroatoms. The first-order valence-corrected chi connectivity index (χ1v) is 7.67. The van der Waals surface area contributed by atoms with Gasteiger partial charge in [-0.1, -0.05) is 13.8 Å². The lowest BCUT2D eigenvalue weighted by Crippen LogP contribution is -2.52. The Morgan fingerprint density at radius 1 is 1.22 bits per heavy atom. The van der Waals surface area contributed by atoms with Gasteiger partial charge in [0, 0.05) is 44.8 Å². The predicted octanol–water partition coefficient (Wildman–Crippen LogP) is 1.79. The van der Waals surface area contributed by atoms with Gasteiger partial charge in [-0.05, 0) is 38.6 Å². The van der Waals surface area contributed by atoms with Crippen molar-refractivity contribution in [2.75, 3.05) is 39.3 Å². The summed E-state index contributed by atoms with van der Waals surface area (Å²) in [6, 6.07) is 1.48. The smallest absolute Gasteiger partial charge is 0.0224 e. The van der Waals surface area contributed by atoms with E-state index < -0.39 is 0 Å². The van der Waals surface area contributed by atoms with Gasteiger partial charge in [-0.3, -0.25) is 9.80 Å². The second kappa shape index (κ2) is 5.89. The summed E-state index contributed by atoms with van der Waals surface area (Å²) in [7, 11) is 0. The first kappa shape index (κ1) is 14.3. The Labute approximate surface area is 113 Å². The number of nitrogens with one attached hydrogen (secondary N) is 1. The van der Waals surface area contributed by atoms with Crippen molar-refractivity contribution in [1.29, 1.82) is 0 Å². The summed E-state index contributed by atoms with van der Waals surface area (Å²) in [5.41, 5.74) is 0.413. The van der Waals surface area contributed by atoms with Gasteiger partial charge >= 0.3 is 0 Å². The Kier molecular flexibility index (Phi) is 4.68. The first-order valence-electron chi connectivity index (χ1n) is 7.67. The van der Waals surface area contributed by atoms with Gasteiger partial charge in [0.2, 0.25) is 0 Å². The van der Waals surface area contributed by atoms with Crippen molar-refractivity contribution in [2.45, 2.75) is 52.6 Å². The number of nitrogens with zero attached hydrogens (tertiary/aromatic N) is 2. The van der Waals surface area contributed by atoms with E-state index in [2.05, 4.69) is 42.8 Å². The van der Waals surface area contributed by atoms with Crippen molar-refractivity contribution < 1.29 is 0 Å². The van der Waals surface area contributed by atoms with E-state index in [0.717, 1.165) is 19.1 Å².